The van der Waals surface area contributed by atoms with Gasteiger partial charge in [0.1, 0.15) is 0 Å². The lowest BCUT2D eigenvalue weighted by Gasteiger charge is -2.16. The predicted molar refractivity (Wildman–Crippen MR) is 96.2 cm³/mol. The zero-order chi connectivity index (χ0) is 18.2. The second-order valence-corrected chi connectivity index (χ2v) is 6.33. The van der Waals surface area contributed by atoms with E-state index < -0.39 is 5.78 Å². The third kappa shape index (κ3) is 6.41. The summed E-state index contributed by atoms with van der Waals surface area (Å²) in [6, 6.07) is 4.94. The standard InChI is InChI=1S/C20H26O4/c1-5-20(2,3)13-7-10-17(22)16(21)9-6-8-15-11-12-19(24-4)18(23)14-15/h6-8,11-14,23H,5,9-10H2,1-4H3/b8-6-,13-7-. The number of carbonyl (C=O) groups excluding carboxylic acids is 2. The third-order valence-corrected chi connectivity index (χ3v) is 3.91. The minimum absolute atomic E-state index is 0.0331. The molecule has 0 unspecified atom stereocenters. The molecule has 4 heteroatoms. The number of allylic oxidation sites excluding steroid dienone is 3. The maximum Gasteiger partial charge on any atom is 0.202 e. The van der Waals surface area contributed by atoms with Gasteiger partial charge in [-0.2, -0.15) is 0 Å². The van der Waals surface area contributed by atoms with Gasteiger partial charge in [0, 0.05) is 12.8 Å². The minimum atomic E-state index is -0.414. The Labute approximate surface area is 143 Å². The fraction of sp³-hybridized carbons (Fsp3) is 0.400. The van der Waals surface area contributed by atoms with Gasteiger partial charge in [0.05, 0.1) is 7.11 Å². The van der Waals surface area contributed by atoms with Crippen molar-refractivity contribution in [3.8, 4) is 11.5 Å². The highest BCUT2D eigenvalue weighted by molar-refractivity contribution is 6.37. The molecule has 0 atom stereocenters. The quantitative estimate of drug-likeness (QED) is 0.541. The molecule has 0 heterocycles. The molecule has 0 aliphatic heterocycles. The number of aromatic hydroxyl groups is 1. The fourth-order valence-electron chi connectivity index (χ4n) is 1.94. The van der Waals surface area contributed by atoms with Crippen LogP contribution < -0.4 is 4.74 Å². The number of hydrogen-bond donors (Lipinski definition) is 1. The molecule has 0 saturated heterocycles. The van der Waals surface area contributed by atoms with Crippen molar-refractivity contribution in [1.82, 2.24) is 0 Å². The second-order valence-electron chi connectivity index (χ2n) is 6.33. The summed E-state index contributed by atoms with van der Waals surface area (Å²) in [4.78, 5) is 23.6. The van der Waals surface area contributed by atoms with Gasteiger partial charge in [0.25, 0.3) is 0 Å². The van der Waals surface area contributed by atoms with E-state index in [0.717, 1.165) is 12.0 Å². The first-order valence-corrected chi connectivity index (χ1v) is 8.06. The van der Waals surface area contributed by atoms with Crippen LogP contribution in [-0.4, -0.2) is 23.8 Å². The van der Waals surface area contributed by atoms with E-state index >= 15 is 0 Å². The van der Waals surface area contributed by atoms with E-state index in [0.29, 0.717) is 5.75 Å². The van der Waals surface area contributed by atoms with Crippen LogP contribution in [0.2, 0.25) is 0 Å². The summed E-state index contributed by atoms with van der Waals surface area (Å²) in [5.74, 6) is -0.380. The monoisotopic (exact) mass is 330 g/mol. The van der Waals surface area contributed by atoms with E-state index in [1.807, 2.05) is 6.08 Å². The highest BCUT2D eigenvalue weighted by atomic mass is 16.5. The molecule has 4 nitrogen and oxygen atoms in total. The van der Waals surface area contributed by atoms with E-state index in [-0.39, 0.29) is 29.8 Å². The molecule has 0 saturated carbocycles. The lowest BCUT2D eigenvalue weighted by molar-refractivity contribution is -0.135. The van der Waals surface area contributed by atoms with Crippen molar-refractivity contribution in [3.05, 3.63) is 42.0 Å². The van der Waals surface area contributed by atoms with Crippen LogP contribution in [0.15, 0.2) is 36.4 Å². The number of phenolic OH excluding ortho intramolecular Hbond substituents is 1. The molecule has 0 aromatic heterocycles. The average molecular weight is 330 g/mol. The molecule has 0 aliphatic carbocycles. The Morgan fingerprint density at radius 2 is 1.79 bits per heavy atom. The van der Waals surface area contributed by atoms with Crippen LogP contribution in [0.3, 0.4) is 0 Å². The molecule has 0 fully saturated rings. The van der Waals surface area contributed by atoms with Crippen molar-refractivity contribution in [2.75, 3.05) is 7.11 Å². The Hall–Kier alpha value is -2.36. The molecule has 1 aromatic carbocycles. The Balaban J connectivity index is 2.53. The summed E-state index contributed by atoms with van der Waals surface area (Å²) in [6.45, 7) is 6.25. The average Bonchev–Trinajstić information content (AvgIpc) is 2.54. The first-order chi connectivity index (χ1) is 11.3. The van der Waals surface area contributed by atoms with Gasteiger partial charge in [0.15, 0.2) is 11.5 Å². The van der Waals surface area contributed by atoms with Crippen LogP contribution in [0, 0.1) is 5.41 Å². The normalized spacial score (nSPS) is 12.0. The molecule has 0 radical (unpaired) electrons. The lowest BCUT2D eigenvalue weighted by atomic mass is 9.89. The maximum atomic E-state index is 11.8. The molecular formula is C20H26O4. The highest BCUT2D eigenvalue weighted by Crippen LogP contribution is 2.26. The number of Topliss-reactive ketones (excluding diaryl/α,β-unsaturated/α-hetero) is 2. The van der Waals surface area contributed by atoms with E-state index in [1.54, 1.807) is 30.4 Å². The number of benzene rings is 1. The van der Waals surface area contributed by atoms with Crippen LogP contribution in [0.25, 0.3) is 6.08 Å². The Kier molecular flexibility index (Phi) is 7.43. The van der Waals surface area contributed by atoms with Crippen molar-refractivity contribution in [2.24, 2.45) is 5.41 Å². The van der Waals surface area contributed by atoms with Gasteiger partial charge in [-0.3, -0.25) is 9.59 Å². The van der Waals surface area contributed by atoms with Gasteiger partial charge in [-0.15, -0.1) is 0 Å². The molecule has 24 heavy (non-hydrogen) atoms. The molecule has 0 aliphatic rings. The van der Waals surface area contributed by atoms with E-state index in [9.17, 15) is 14.7 Å². The maximum absolute atomic E-state index is 11.8. The number of methoxy groups -OCH3 is 1. The SMILES string of the molecule is CCC(C)(C)/C=C\CC(=O)C(=O)C/C=C\c1ccc(OC)c(O)c1. The molecule has 0 spiro atoms. The number of rotatable bonds is 9. The van der Waals surface area contributed by atoms with Crippen LogP contribution >= 0.6 is 0 Å². The zero-order valence-electron chi connectivity index (χ0n) is 14.8. The summed E-state index contributed by atoms with van der Waals surface area (Å²) in [5.41, 5.74) is 0.776. The van der Waals surface area contributed by atoms with Gasteiger partial charge in [0.2, 0.25) is 11.6 Å². The fourth-order valence-corrected chi connectivity index (χ4v) is 1.94. The highest BCUT2D eigenvalue weighted by Gasteiger charge is 2.12. The first kappa shape index (κ1) is 19.7. The van der Waals surface area contributed by atoms with E-state index in [1.165, 1.54) is 13.2 Å². The number of carbonyl (C=O) groups is 2. The molecule has 130 valence electrons. The van der Waals surface area contributed by atoms with Crippen LogP contribution in [0.5, 0.6) is 11.5 Å². The zero-order valence-corrected chi connectivity index (χ0v) is 14.8. The molecule has 1 N–H and O–H groups in total. The van der Waals surface area contributed by atoms with Crippen molar-refractivity contribution >= 4 is 17.6 Å². The van der Waals surface area contributed by atoms with Crippen molar-refractivity contribution in [1.29, 1.82) is 0 Å². The van der Waals surface area contributed by atoms with E-state index in [2.05, 4.69) is 20.8 Å². The Morgan fingerprint density at radius 1 is 1.17 bits per heavy atom. The molecule has 1 aromatic rings. The smallest absolute Gasteiger partial charge is 0.202 e. The van der Waals surface area contributed by atoms with Gasteiger partial charge in [-0.05, 0) is 29.5 Å². The van der Waals surface area contributed by atoms with Gasteiger partial charge in [-0.25, -0.2) is 0 Å². The Bertz CT molecular complexity index is 639. The summed E-state index contributed by atoms with van der Waals surface area (Å²) >= 11 is 0. The van der Waals surface area contributed by atoms with Gasteiger partial charge >= 0.3 is 0 Å². The number of phenols is 1. The number of ether oxygens (including phenoxy) is 1. The number of ketones is 2. The van der Waals surface area contributed by atoms with Crippen molar-refractivity contribution in [2.45, 2.75) is 40.0 Å². The molecule has 0 bridgehead atoms. The summed E-state index contributed by atoms with van der Waals surface area (Å²) in [5, 5.41) is 9.68. The van der Waals surface area contributed by atoms with E-state index in [4.69, 9.17) is 4.74 Å². The molecule has 1 rings (SSSR count). The molecule has 0 amide bonds. The molecular weight excluding hydrogens is 304 g/mol. The van der Waals surface area contributed by atoms with Crippen molar-refractivity contribution < 1.29 is 19.4 Å². The predicted octanol–water partition coefficient (Wildman–Crippen LogP) is 4.32. The van der Waals surface area contributed by atoms with Gasteiger partial charge in [-0.1, -0.05) is 51.1 Å². The van der Waals surface area contributed by atoms with Crippen LogP contribution in [0.4, 0.5) is 0 Å². The summed E-state index contributed by atoms with van der Waals surface area (Å²) in [6.07, 6.45) is 8.24. The van der Waals surface area contributed by atoms with Crippen molar-refractivity contribution in [3.63, 3.8) is 0 Å². The lowest BCUT2D eigenvalue weighted by Crippen LogP contribution is -2.12. The van der Waals surface area contributed by atoms with Crippen LogP contribution in [-0.2, 0) is 9.59 Å². The Morgan fingerprint density at radius 3 is 2.33 bits per heavy atom. The van der Waals surface area contributed by atoms with Crippen LogP contribution in [0.1, 0.15) is 45.6 Å². The summed E-state index contributed by atoms with van der Waals surface area (Å²) < 4.78 is 4.96. The van der Waals surface area contributed by atoms with Gasteiger partial charge < -0.3 is 9.84 Å². The minimum Gasteiger partial charge on any atom is -0.504 e. The topological polar surface area (TPSA) is 63.6 Å². The first-order valence-electron chi connectivity index (χ1n) is 8.06. The largest absolute Gasteiger partial charge is 0.504 e. The summed E-state index contributed by atoms with van der Waals surface area (Å²) in [7, 11) is 1.48. The second kappa shape index (κ2) is 9.06. The third-order valence-electron chi connectivity index (χ3n) is 3.91. The number of hydrogen-bond acceptors (Lipinski definition) is 4.